The fraction of sp³-hybridized carbons (Fsp3) is 0. The van der Waals surface area contributed by atoms with E-state index in [1.807, 2.05) is 30.3 Å². The van der Waals surface area contributed by atoms with Crippen LogP contribution in [0.5, 0.6) is 0 Å². The summed E-state index contributed by atoms with van der Waals surface area (Å²) in [7, 11) is 0.554. The number of hydrogen-bond acceptors (Lipinski definition) is 1. The van der Waals surface area contributed by atoms with E-state index in [0.717, 1.165) is 5.69 Å². The van der Waals surface area contributed by atoms with E-state index in [1.54, 1.807) is 0 Å². The van der Waals surface area contributed by atoms with E-state index in [-0.39, 0.29) is 5.53 Å². The fourth-order valence-electron chi connectivity index (χ4n) is 0.725. The van der Waals surface area contributed by atoms with Gasteiger partial charge in [-0.15, -0.1) is 0 Å². The Hall–Kier alpha value is -1.09. The summed E-state index contributed by atoms with van der Waals surface area (Å²) in [5, 5.41) is 2.73. The zero-order chi connectivity index (χ0) is 7.40. The van der Waals surface area contributed by atoms with Crippen molar-refractivity contribution < 1.29 is 4.79 Å². The van der Waals surface area contributed by atoms with E-state index in [1.165, 1.54) is 0 Å². The van der Waals surface area contributed by atoms with Crippen LogP contribution in [-0.4, -0.2) is 15.8 Å². The molecule has 0 aliphatic rings. The van der Waals surface area contributed by atoms with Crippen molar-refractivity contribution in [1.29, 1.82) is 0 Å². The van der Waals surface area contributed by atoms with Crippen LogP contribution in [0.4, 0.5) is 10.5 Å². The van der Waals surface area contributed by atoms with Crippen LogP contribution in [0.1, 0.15) is 0 Å². The Morgan fingerprint density at radius 3 is 2.40 bits per heavy atom. The highest BCUT2D eigenvalue weighted by molar-refractivity contribution is 6.60. The molecule has 1 N–H and O–H groups in total. The van der Waals surface area contributed by atoms with Crippen LogP contribution in [0.25, 0.3) is 0 Å². The smallest absolute Gasteiger partial charge is 0.185 e. The Labute approximate surface area is 62.7 Å². The summed E-state index contributed by atoms with van der Waals surface area (Å²) < 4.78 is 0. The zero-order valence-corrected chi connectivity index (χ0v) is 7.79. The molecule has 1 amide bonds. The quantitative estimate of drug-likeness (QED) is 0.585. The van der Waals surface area contributed by atoms with Crippen LogP contribution in [0.2, 0.25) is 0 Å². The largest absolute Gasteiger partial charge is 0.332 e. The van der Waals surface area contributed by atoms with Crippen molar-refractivity contribution in [3.05, 3.63) is 30.3 Å². The number of rotatable bonds is 1. The minimum absolute atomic E-state index is 0.103. The van der Waals surface area contributed by atoms with Crippen molar-refractivity contribution in [2.45, 2.75) is 0 Å². The molecular formula is C7H9NOSi. The van der Waals surface area contributed by atoms with Crippen molar-refractivity contribution in [2.24, 2.45) is 0 Å². The summed E-state index contributed by atoms with van der Waals surface area (Å²) in [6.07, 6.45) is 0. The Kier molecular flexibility index (Phi) is 2.23. The molecule has 0 aliphatic carbocycles. The summed E-state index contributed by atoms with van der Waals surface area (Å²) in [5.74, 6) is 0. The van der Waals surface area contributed by atoms with Gasteiger partial charge in [-0.2, -0.15) is 0 Å². The zero-order valence-electron chi connectivity index (χ0n) is 5.79. The van der Waals surface area contributed by atoms with E-state index in [0.29, 0.717) is 10.2 Å². The van der Waals surface area contributed by atoms with E-state index in [2.05, 4.69) is 5.32 Å². The van der Waals surface area contributed by atoms with Gasteiger partial charge in [0, 0.05) is 5.69 Å². The molecule has 1 aromatic rings. The van der Waals surface area contributed by atoms with Gasteiger partial charge in [-0.3, -0.25) is 4.79 Å². The predicted molar refractivity (Wildman–Crippen MR) is 45.4 cm³/mol. The van der Waals surface area contributed by atoms with E-state index < -0.39 is 0 Å². The third kappa shape index (κ3) is 2.03. The van der Waals surface area contributed by atoms with Crippen LogP contribution in [0, 0.1) is 0 Å². The molecule has 10 heavy (non-hydrogen) atoms. The number of hydrogen-bond donors (Lipinski definition) is 1. The van der Waals surface area contributed by atoms with Gasteiger partial charge < -0.3 is 5.32 Å². The molecule has 0 saturated heterocycles. The Balaban J connectivity index is 2.67. The maximum absolute atomic E-state index is 10.6. The summed E-state index contributed by atoms with van der Waals surface area (Å²) >= 11 is 0. The summed E-state index contributed by atoms with van der Waals surface area (Å²) in [6.45, 7) is 0. The highest BCUT2D eigenvalue weighted by Gasteiger charge is 1.89. The molecule has 0 atom stereocenters. The molecule has 52 valence electrons. The van der Waals surface area contributed by atoms with Gasteiger partial charge in [0.05, 0.1) is 0 Å². The van der Waals surface area contributed by atoms with Crippen molar-refractivity contribution >= 4 is 21.5 Å². The van der Waals surface area contributed by atoms with Crippen molar-refractivity contribution in [3.8, 4) is 0 Å². The standard InChI is InChI=1S/C7H9NOSi/c9-7(10)8-6-4-2-1-3-5-6/h1-5H,10H3,(H,8,9). The highest BCUT2D eigenvalue weighted by Crippen LogP contribution is 2.03. The van der Waals surface area contributed by atoms with Crippen LogP contribution >= 0.6 is 0 Å². The Morgan fingerprint density at radius 2 is 1.90 bits per heavy atom. The molecule has 0 aromatic heterocycles. The van der Waals surface area contributed by atoms with Crippen molar-refractivity contribution in [1.82, 2.24) is 0 Å². The number of anilines is 1. The summed E-state index contributed by atoms with van der Waals surface area (Å²) in [6, 6.07) is 9.45. The maximum atomic E-state index is 10.6. The monoisotopic (exact) mass is 151 g/mol. The molecule has 0 aliphatic heterocycles. The normalized spacial score (nSPS) is 9.20. The average Bonchev–Trinajstić information content (AvgIpc) is 1.88. The fourth-order valence-corrected chi connectivity index (χ4v) is 1.01. The van der Waals surface area contributed by atoms with Gasteiger partial charge in [0.15, 0.2) is 5.53 Å². The number of para-hydroxylation sites is 1. The minimum Gasteiger partial charge on any atom is -0.332 e. The van der Waals surface area contributed by atoms with Gasteiger partial charge in [-0.25, -0.2) is 0 Å². The SMILES string of the molecule is O=C([SiH3])Nc1ccccc1. The number of benzene rings is 1. The molecule has 1 rings (SSSR count). The molecule has 0 heterocycles. The maximum Gasteiger partial charge on any atom is 0.185 e. The first-order valence-corrected chi connectivity index (χ1v) is 4.11. The van der Waals surface area contributed by atoms with Gasteiger partial charge in [0.25, 0.3) is 0 Å². The lowest BCUT2D eigenvalue weighted by atomic mass is 10.3. The van der Waals surface area contributed by atoms with Gasteiger partial charge in [0.2, 0.25) is 0 Å². The Morgan fingerprint density at radius 1 is 1.30 bits per heavy atom. The number of nitrogens with one attached hydrogen (secondary N) is 1. The second kappa shape index (κ2) is 3.17. The predicted octanol–water partition coefficient (Wildman–Crippen LogP) is 0.584. The van der Waals surface area contributed by atoms with Crippen LogP contribution in [0.15, 0.2) is 30.3 Å². The number of carbonyl (C=O) groups is 1. The minimum atomic E-state index is 0.103. The van der Waals surface area contributed by atoms with Gasteiger partial charge in [-0.05, 0) is 12.1 Å². The Bertz CT molecular complexity index is 222. The van der Waals surface area contributed by atoms with Gasteiger partial charge in [-0.1, -0.05) is 18.2 Å². The lowest BCUT2D eigenvalue weighted by Crippen LogP contribution is -2.07. The first-order chi connectivity index (χ1) is 4.79. The van der Waals surface area contributed by atoms with E-state index in [9.17, 15) is 4.79 Å². The first kappa shape index (κ1) is 7.02. The molecule has 0 radical (unpaired) electrons. The van der Waals surface area contributed by atoms with E-state index >= 15 is 0 Å². The first-order valence-electron chi connectivity index (χ1n) is 3.11. The molecule has 2 nitrogen and oxygen atoms in total. The third-order valence-electron chi connectivity index (χ3n) is 1.09. The summed E-state index contributed by atoms with van der Waals surface area (Å²) in [5.41, 5.74) is 0.980. The number of carbonyl (C=O) groups excluding carboxylic acids is 1. The number of amides is 1. The van der Waals surface area contributed by atoms with Crippen molar-refractivity contribution in [2.75, 3.05) is 5.32 Å². The van der Waals surface area contributed by atoms with Crippen LogP contribution < -0.4 is 5.32 Å². The molecular weight excluding hydrogens is 142 g/mol. The molecule has 0 unspecified atom stereocenters. The summed E-state index contributed by atoms with van der Waals surface area (Å²) in [4.78, 5) is 10.6. The molecule has 0 spiro atoms. The van der Waals surface area contributed by atoms with Gasteiger partial charge in [0.1, 0.15) is 10.2 Å². The van der Waals surface area contributed by atoms with Crippen LogP contribution in [-0.2, 0) is 0 Å². The van der Waals surface area contributed by atoms with Gasteiger partial charge >= 0.3 is 0 Å². The van der Waals surface area contributed by atoms with Crippen molar-refractivity contribution in [3.63, 3.8) is 0 Å². The second-order valence-electron chi connectivity index (χ2n) is 2.05. The molecule has 0 bridgehead atoms. The lowest BCUT2D eigenvalue weighted by molar-refractivity contribution is 0.269. The van der Waals surface area contributed by atoms with E-state index in [4.69, 9.17) is 0 Å². The molecule has 1 aromatic carbocycles. The molecule has 0 saturated carbocycles. The topological polar surface area (TPSA) is 29.1 Å². The van der Waals surface area contributed by atoms with Crippen LogP contribution in [0.3, 0.4) is 0 Å². The lowest BCUT2D eigenvalue weighted by Gasteiger charge is -1.98. The second-order valence-corrected chi connectivity index (χ2v) is 2.96. The molecule has 3 heteroatoms. The highest BCUT2D eigenvalue weighted by atomic mass is 28.1. The average molecular weight is 151 g/mol. The molecule has 0 fully saturated rings. The third-order valence-corrected chi connectivity index (χ3v) is 1.34.